The minimum atomic E-state index is 0.967. The number of hydrogen-bond acceptors (Lipinski definition) is 4. The van der Waals surface area contributed by atoms with Crippen molar-refractivity contribution in [3.63, 3.8) is 0 Å². The van der Waals surface area contributed by atoms with Crippen molar-refractivity contribution in [1.82, 2.24) is 4.72 Å². The molecule has 0 aliphatic carbocycles. The van der Waals surface area contributed by atoms with E-state index in [9.17, 15) is 0 Å². The molecule has 0 aliphatic rings. The molecule has 0 amide bonds. The van der Waals surface area contributed by atoms with Crippen LogP contribution in [0.15, 0.2) is 0 Å². The zero-order valence-electron chi connectivity index (χ0n) is 3.60. The zero-order chi connectivity index (χ0) is 4.83. The van der Waals surface area contributed by atoms with Crippen LogP contribution in [-0.4, -0.2) is 6.54 Å². The molecule has 0 aromatic rings. The van der Waals surface area contributed by atoms with Crippen molar-refractivity contribution in [2.75, 3.05) is 6.54 Å². The standard InChI is InChI=1S/C2H8N2S2/c1-2-4-6-5-3/h4H,2-3H2,1H3. The molecular formula is C2H8N2S2. The topological polar surface area (TPSA) is 38.0 Å². The summed E-state index contributed by atoms with van der Waals surface area (Å²) in [5.41, 5.74) is 0. The van der Waals surface area contributed by atoms with Gasteiger partial charge in [0.1, 0.15) is 0 Å². The van der Waals surface area contributed by atoms with Crippen molar-refractivity contribution < 1.29 is 0 Å². The molecule has 0 rings (SSSR count). The average Bonchev–Trinajstić information content (AvgIpc) is 1.61. The Hall–Kier alpha value is 0.620. The van der Waals surface area contributed by atoms with E-state index >= 15 is 0 Å². The molecule has 0 spiro atoms. The summed E-state index contributed by atoms with van der Waals surface area (Å²) in [6.07, 6.45) is 0. The van der Waals surface area contributed by atoms with Crippen LogP contribution in [-0.2, 0) is 0 Å². The van der Waals surface area contributed by atoms with E-state index in [1.165, 1.54) is 22.0 Å². The molecule has 0 aromatic heterocycles. The fourth-order valence-electron chi connectivity index (χ4n) is 0.0929. The van der Waals surface area contributed by atoms with Crippen LogP contribution in [0.5, 0.6) is 0 Å². The maximum absolute atomic E-state index is 5.03. The van der Waals surface area contributed by atoms with E-state index in [0.29, 0.717) is 0 Å². The molecule has 0 unspecified atom stereocenters. The second-order valence-corrected chi connectivity index (χ2v) is 2.40. The molecule has 0 saturated carbocycles. The molecule has 2 nitrogen and oxygen atoms in total. The molecule has 0 saturated heterocycles. The van der Waals surface area contributed by atoms with Crippen LogP contribution in [0.1, 0.15) is 6.92 Å². The predicted molar refractivity (Wildman–Crippen MR) is 33.0 cm³/mol. The van der Waals surface area contributed by atoms with Gasteiger partial charge in [0.15, 0.2) is 0 Å². The first-order valence-corrected chi connectivity index (χ1v) is 3.88. The maximum atomic E-state index is 5.03. The summed E-state index contributed by atoms with van der Waals surface area (Å²) >= 11 is 0. The Kier molecular flexibility index (Phi) is 6.20. The van der Waals surface area contributed by atoms with Gasteiger partial charge in [-0.25, -0.2) is 0 Å². The normalized spacial score (nSPS) is 9.00. The van der Waals surface area contributed by atoms with E-state index in [1.54, 1.807) is 0 Å². The Bertz CT molecular complexity index is 21.5. The fraction of sp³-hybridized carbons (Fsp3) is 1.00. The van der Waals surface area contributed by atoms with Gasteiger partial charge in [-0.1, -0.05) is 6.92 Å². The summed E-state index contributed by atoms with van der Waals surface area (Å²) in [5.74, 6) is 0. The van der Waals surface area contributed by atoms with Crippen LogP contribution in [0, 0.1) is 0 Å². The van der Waals surface area contributed by atoms with Crippen LogP contribution >= 0.6 is 22.0 Å². The number of nitrogens with two attached hydrogens (primary N) is 1. The summed E-state index contributed by atoms with van der Waals surface area (Å²) in [6.45, 7) is 3.00. The van der Waals surface area contributed by atoms with Crippen molar-refractivity contribution in [2.45, 2.75) is 6.92 Å². The van der Waals surface area contributed by atoms with Gasteiger partial charge in [-0.3, -0.25) is 9.86 Å². The van der Waals surface area contributed by atoms with Crippen LogP contribution in [0.2, 0.25) is 0 Å². The van der Waals surface area contributed by atoms with Crippen molar-refractivity contribution >= 4 is 22.0 Å². The van der Waals surface area contributed by atoms with Crippen LogP contribution < -0.4 is 9.86 Å². The minimum Gasteiger partial charge on any atom is -0.267 e. The molecule has 0 heterocycles. The number of nitrogens with one attached hydrogen (secondary N) is 1. The molecule has 0 radical (unpaired) electrons. The van der Waals surface area contributed by atoms with Gasteiger partial charge in [-0.15, -0.1) is 0 Å². The monoisotopic (exact) mass is 124 g/mol. The van der Waals surface area contributed by atoms with Gasteiger partial charge in [0, 0.05) is 28.5 Å². The third kappa shape index (κ3) is 4.62. The Balaban J connectivity index is 2.34. The molecule has 0 atom stereocenters. The molecular weight excluding hydrogens is 116 g/mol. The molecule has 3 N–H and O–H groups in total. The van der Waals surface area contributed by atoms with Gasteiger partial charge in [0.25, 0.3) is 0 Å². The zero-order valence-corrected chi connectivity index (χ0v) is 5.23. The van der Waals surface area contributed by atoms with Gasteiger partial charge in [0.2, 0.25) is 0 Å². The Morgan fingerprint density at radius 3 is 2.67 bits per heavy atom. The molecule has 0 aromatic carbocycles. The molecule has 38 valence electrons. The summed E-state index contributed by atoms with van der Waals surface area (Å²) in [6, 6.07) is 0. The van der Waals surface area contributed by atoms with Crippen LogP contribution in [0.3, 0.4) is 0 Å². The highest BCUT2D eigenvalue weighted by molar-refractivity contribution is 8.75. The third-order valence-corrected chi connectivity index (χ3v) is 1.40. The predicted octanol–water partition coefficient (Wildman–Crippen LogP) is 0.766. The first-order chi connectivity index (χ1) is 2.91. The number of hydrogen-bond donors (Lipinski definition) is 2. The van der Waals surface area contributed by atoms with Gasteiger partial charge in [0.05, 0.1) is 0 Å². The highest BCUT2D eigenvalue weighted by Crippen LogP contribution is 2.05. The fourth-order valence-corrected chi connectivity index (χ4v) is 0.837. The maximum Gasteiger partial charge on any atom is 0.00497 e. The summed E-state index contributed by atoms with van der Waals surface area (Å²) in [4.78, 5) is 0. The molecule has 6 heavy (non-hydrogen) atoms. The summed E-state index contributed by atoms with van der Waals surface area (Å²) in [7, 11) is 2.68. The van der Waals surface area contributed by atoms with E-state index < -0.39 is 0 Å². The highest BCUT2D eigenvalue weighted by atomic mass is 33.1. The van der Waals surface area contributed by atoms with Gasteiger partial charge < -0.3 is 0 Å². The van der Waals surface area contributed by atoms with E-state index in [2.05, 4.69) is 4.72 Å². The first kappa shape index (κ1) is 6.62. The first-order valence-electron chi connectivity index (χ1n) is 1.67. The van der Waals surface area contributed by atoms with Gasteiger partial charge in [-0.05, 0) is 0 Å². The van der Waals surface area contributed by atoms with Gasteiger partial charge >= 0.3 is 0 Å². The van der Waals surface area contributed by atoms with Crippen molar-refractivity contribution in [2.24, 2.45) is 5.14 Å². The second kappa shape index (κ2) is 5.62. The van der Waals surface area contributed by atoms with Crippen LogP contribution in [0.25, 0.3) is 0 Å². The minimum absolute atomic E-state index is 0.967. The lowest BCUT2D eigenvalue weighted by atomic mass is 10.8. The van der Waals surface area contributed by atoms with E-state index in [1.807, 2.05) is 6.92 Å². The third-order valence-electron chi connectivity index (χ3n) is 0.251. The van der Waals surface area contributed by atoms with Crippen molar-refractivity contribution in [3.8, 4) is 0 Å². The van der Waals surface area contributed by atoms with E-state index in [0.717, 1.165) is 6.54 Å². The highest BCUT2D eigenvalue weighted by Gasteiger charge is 1.73. The summed E-state index contributed by atoms with van der Waals surface area (Å²) < 4.78 is 2.95. The van der Waals surface area contributed by atoms with Crippen LogP contribution in [0.4, 0.5) is 0 Å². The van der Waals surface area contributed by atoms with Crippen molar-refractivity contribution in [3.05, 3.63) is 0 Å². The Morgan fingerprint density at radius 2 is 2.50 bits per heavy atom. The second-order valence-electron chi connectivity index (χ2n) is 0.677. The number of rotatable bonds is 3. The molecule has 0 fully saturated rings. The lowest BCUT2D eigenvalue weighted by molar-refractivity contribution is 1.04. The largest absolute Gasteiger partial charge is 0.267 e. The van der Waals surface area contributed by atoms with Crippen molar-refractivity contribution in [1.29, 1.82) is 0 Å². The lowest BCUT2D eigenvalue weighted by Crippen LogP contribution is -1.98. The quantitative estimate of drug-likeness (QED) is 0.331. The molecule has 0 bridgehead atoms. The van der Waals surface area contributed by atoms with E-state index in [-0.39, 0.29) is 0 Å². The molecule has 0 aliphatic heterocycles. The molecule has 4 heteroatoms. The SMILES string of the molecule is CCNSSN. The smallest absolute Gasteiger partial charge is 0.00497 e. The lowest BCUT2D eigenvalue weighted by Gasteiger charge is -1.89. The Morgan fingerprint density at radius 1 is 1.83 bits per heavy atom. The van der Waals surface area contributed by atoms with E-state index in [4.69, 9.17) is 5.14 Å². The summed E-state index contributed by atoms with van der Waals surface area (Å²) in [5, 5.41) is 5.03. The van der Waals surface area contributed by atoms with Gasteiger partial charge in [-0.2, -0.15) is 0 Å². The average molecular weight is 124 g/mol. The Labute approximate surface area is 45.9 Å².